The van der Waals surface area contributed by atoms with Gasteiger partial charge in [0.1, 0.15) is 0 Å². The fraction of sp³-hybridized carbons (Fsp3) is 0.143. The van der Waals surface area contributed by atoms with Gasteiger partial charge < -0.3 is 10.6 Å². The topological polar surface area (TPSA) is 58.2 Å². The maximum Gasteiger partial charge on any atom is 0.261 e. The molecule has 4 nitrogen and oxygen atoms in total. The van der Waals surface area contributed by atoms with Crippen LogP contribution in [0.4, 0.5) is 5.69 Å². The van der Waals surface area contributed by atoms with E-state index in [1.165, 1.54) is 11.3 Å². The van der Waals surface area contributed by atoms with E-state index in [0.717, 1.165) is 19.5 Å². The second kappa shape index (κ2) is 7.20. The van der Waals surface area contributed by atoms with Crippen molar-refractivity contribution in [2.45, 2.75) is 6.92 Å². The number of rotatable bonds is 4. The summed E-state index contributed by atoms with van der Waals surface area (Å²) in [5.41, 5.74) is 1.68. The van der Waals surface area contributed by atoms with Gasteiger partial charge in [0.2, 0.25) is 5.91 Å². The maximum absolute atomic E-state index is 11.8. The number of halogens is 2. The maximum atomic E-state index is 11.8. The number of carbonyl (C=O) groups excluding carboxylic acids is 2. The molecule has 1 aromatic carbocycles. The van der Waals surface area contributed by atoms with Crippen LogP contribution in [0.1, 0.15) is 15.2 Å². The highest BCUT2D eigenvalue weighted by Gasteiger charge is 2.11. The van der Waals surface area contributed by atoms with E-state index in [-0.39, 0.29) is 18.4 Å². The van der Waals surface area contributed by atoms with Gasteiger partial charge in [-0.1, -0.05) is 15.9 Å². The molecule has 7 heteroatoms. The van der Waals surface area contributed by atoms with Gasteiger partial charge in [0.15, 0.2) is 0 Å². The molecule has 2 N–H and O–H groups in total. The fourth-order valence-electron chi connectivity index (χ4n) is 1.65. The average molecular weight is 432 g/mol. The zero-order valence-electron chi connectivity index (χ0n) is 11.1. The molecule has 0 saturated carbocycles. The summed E-state index contributed by atoms with van der Waals surface area (Å²) in [6.07, 6.45) is 0. The highest BCUT2D eigenvalue weighted by Crippen LogP contribution is 2.22. The number of thiophene rings is 1. The highest BCUT2D eigenvalue weighted by molar-refractivity contribution is 9.11. The van der Waals surface area contributed by atoms with E-state index in [1.807, 2.05) is 25.1 Å². The van der Waals surface area contributed by atoms with Crippen molar-refractivity contribution in [2.75, 3.05) is 11.9 Å². The van der Waals surface area contributed by atoms with Gasteiger partial charge in [-0.15, -0.1) is 11.3 Å². The Morgan fingerprint density at radius 2 is 1.95 bits per heavy atom. The van der Waals surface area contributed by atoms with Crippen LogP contribution in [0.15, 0.2) is 38.6 Å². The molecule has 0 spiro atoms. The Kier molecular flexibility index (Phi) is 5.55. The third-order valence-electron chi connectivity index (χ3n) is 2.67. The van der Waals surface area contributed by atoms with E-state index in [9.17, 15) is 9.59 Å². The van der Waals surface area contributed by atoms with Crippen molar-refractivity contribution >= 4 is 60.7 Å². The van der Waals surface area contributed by atoms with Gasteiger partial charge in [0.05, 0.1) is 15.2 Å². The molecule has 0 aliphatic heterocycles. The first kappa shape index (κ1) is 16.2. The lowest BCUT2D eigenvalue weighted by Gasteiger charge is -2.09. The molecule has 0 atom stereocenters. The van der Waals surface area contributed by atoms with Crippen LogP contribution in [0, 0.1) is 6.92 Å². The summed E-state index contributed by atoms with van der Waals surface area (Å²) in [5.74, 6) is -0.516. The van der Waals surface area contributed by atoms with E-state index in [4.69, 9.17) is 0 Å². The Balaban J connectivity index is 1.89. The second-order valence-corrected chi connectivity index (χ2v) is 7.67. The van der Waals surface area contributed by atoms with Gasteiger partial charge in [0.25, 0.3) is 5.91 Å². The molecule has 0 fully saturated rings. The summed E-state index contributed by atoms with van der Waals surface area (Å²) >= 11 is 7.98. The van der Waals surface area contributed by atoms with Crippen molar-refractivity contribution in [2.24, 2.45) is 0 Å². The van der Waals surface area contributed by atoms with Crippen molar-refractivity contribution in [1.29, 1.82) is 0 Å². The summed E-state index contributed by atoms with van der Waals surface area (Å²) in [4.78, 5) is 24.2. The van der Waals surface area contributed by atoms with Gasteiger partial charge in [-0.3, -0.25) is 9.59 Å². The van der Waals surface area contributed by atoms with E-state index >= 15 is 0 Å². The summed E-state index contributed by atoms with van der Waals surface area (Å²) in [6.45, 7) is 1.84. The number of hydrogen-bond donors (Lipinski definition) is 2. The van der Waals surface area contributed by atoms with E-state index in [1.54, 1.807) is 12.1 Å². The molecule has 0 saturated heterocycles. The number of amides is 2. The Morgan fingerprint density at radius 3 is 2.57 bits per heavy atom. The third-order valence-corrected chi connectivity index (χ3v) is 4.78. The molecule has 1 aromatic heterocycles. The third kappa shape index (κ3) is 4.66. The number of anilines is 1. The smallest absolute Gasteiger partial charge is 0.261 e. The van der Waals surface area contributed by atoms with E-state index < -0.39 is 0 Å². The zero-order valence-corrected chi connectivity index (χ0v) is 15.1. The second-order valence-electron chi connectivity index (χ2n) is 4.29. The molecule has 21 heavy (non-hydrogen) atoms. The van der Waals surface area contributed by atoms with Gasteiger partial charge in [-0.05, 0) is 58.7 Å². The first-order valence-electron chi connectivity index (χ1n) is 6.05. The fourth-order valence-corrected chi connectivity index (χ4v) is 3.42. The summed E-state index contributed by atoms with van der Waals surface area (Å²) in [7, 11) is 0. The summed E-state index contributed by atoms with van der Waals surface area (Å²) < 4.78 is 1.83. The predicted octanol–water partition coefficient (Wildman–Crippen LogP) is 3.95. The Labute approximate surface area is 143 Å². The van der Waals surface area contributed by atoms with Crippen LogP contribution in [-0.4, -0.2) is 18.4 Å². The lowest BCUT2D eigenvalue weighted by molar-refractivity contribution is -0.115. The monoisotopic (exact) mass is 430 g/mol. The molecular weight excluding hydrogens is 420 g/mol. The molecule has 0 aliphatic carbocycles. The van der Waals surface area contributed by atoms with Crippen LogP contribution in [-0.2, 0) is 4.79 Å². The number of aryl methyl sites for hydroxylation is 1. The molecule has 2 rings (SSSR count). The van der Waals surface area contributed by atoms with Crippen LogP contribution in [0.5, 0.6) is 0 Å². The normalized spacial score (nSPS) is 10.2. The number of hydrogen-bond acceptors (Lipinski definition) is 3. The molecule has 0 aliphatic rings. The summed E-state index contributed by atoms with van der Waals surface area (Å²) in [5, 5.41) is 5.36. The van der Waals surface area contributed by atoms with Crippen LogP contribution in [0.3, 0.4) is 0 Å². The Morgan fingerprint density at radius 1 is 1.19 bits per heavy atom. The molecule has 1 heterocycles. The molecule has 2 amide bonds. The minimum atomic E-state index is -0.260. The first-order chi connectivity index (χ1) is 9.95. The van der Waals surface area contributed by atoms with Crippen molar-refractivity contribution in [1.82, 2.24) is 5.32 Å². The SMILES string of the molecule is Cc1cc(Br)ccc1NC(=O)CNC(=O)c1ccc(Br)s1. The number of nitrogens with one attached hydrogen (secondary N) is 2. The zero-order chi connectivity index (χ0) is 15.4. The quantitative estimate of drug-likeness (QED) is 0.769. The van der Waals surface area contributed by atoms with Crippen LogP contribution < -0.4 is 10.6 Å². The molecular formula is C14H12Br2N2O2S. The van der Waals surface area contributed by atoms with Gasteiger partial charge in [0, 0.05) is 10.2 Å². The molecule has 2 aromatic rings. The Hall–Kier alpha value is -1.18. The summed E-state index contributed by atoms with van der Waals surface area (Å²) in [6, 6.07) is 9.09. The van der Waals surface area contributed by atoms with Gasteiger partial charge >= 0.3 is 0 Å². The van der Waals surface area contributed by atoms with Crippen molar-refractivity contribution in [3.05, 3.63) is 49.0 Å². The molecule has 0 radical (unpaired) electrons. The standard InChI is InChI=1S/C14H12Br2N2O2S/c1-8-6-9(15)2-3-10(8)18-13(19)7-17-14(20)11-4-5-12(16)21-11/h2-6H,7H2,1H3,(H,17,20)(H,18,19). The van der Waals surface area contributed by atoms with Gasteiger partial charge in [-0.25, -0.2) is 0 Å². The first-order valence-corrected chi connectivity index (χ1v) is 8.45. The van der Waals surface area contributed by atoms with Crippen molar-refractivity contribution in [3.8, 4) is 0 Å². The lowest BCUT2D eigenvalue weighted by atomic mass is 10.2. The van der Waals surface area contributed by atoms with Crippen LogP contribution in [0.2, 0.25) is 0 Å². The molecule has 110 valence electrons. The highest BCUT2D eigenvalue weighted by atomic mass is 79.9. The largest absolute Gasteiger partial charge is 0.342 e. The molecule has 0 bridgehead atoms. The van der Waals surface area contributed by atoms with Crippen LogP contribution >= 0.6 is 43.2 Å². The van der Waals surface area contributed by atoms with Gasteiger partial charge in [-0.2, -0.15) is 0 Å². The van der Waals surface area contributed by atoms with E-state index in [2.05, 4.69) is 42.5 Å². The van der Waals surface area contributed by atoms with Crippen molar-refractivity contribution < 1.29 is 9.59 Å². The number of carbonyl (C=O) groups is 2. The van der Waals surface area contributed by atoms with Crippen molar-refractivity contribution in [3.63, 3.8) is 0 Å². The minimum Gasteiger partial charge on any atom is -0.342 e. The number of benzene rings is 1. The molecule has 0 unspecified atom stereocenters. The Bertz CT molecular complexity index is 685. The van der Waals surface area contributed by atoms with E-state index in [0.29, 0.717) is 4.88 Å². The predicted molar refractivity (Wildman–Crippen MR) is 91.9 cm³/mol. The van der Waals surface area contributed by atoms with Crippen LogP contribution in [0.25, 0.3) is 0 Å². The lowest BCUT2D eigenvalue weighted by Crippen LogP contribution is -2.32. The average Bonchev–Trinajstić information content (AvgIpc) is 2.86. The minimum absolute atomic E-state index is 0.0656.